The fraction of sp³-hybridized carbons (Fsp3) is 0.472. The number of rotatable bonds is 26. The molecule has 4 aliphatic carbocycles. The SMILES string of the molecule is CN(CCOc1ccc2c(ccc3occ([C@@H]4CCC(=O)NC4=O)c32)c1)C1CCCCC1.CN(CCOc1ccc2c(ccc3occ([C@@H]4CCC(=O)NC4=O)c32)c1)CC1CCCCC1.CN(CCOc1ccc2c(ccc3occ([C@H]4CCC(=O)NC4=O)c32)c1)C1CCCCC1.CN(CCOc1ccc2c(ccc3occ([C@H]4CCC(=O)NC4=O)c32)c1)CC1CCCCC1. The summed E-state index contributed by atoms with van der Waals surface area (Å²) in [6.45, 7) is 8.61. The topological polar surface area (TPSA) is 287 Å². The Morgan fingerprint density at radius 2 is 0.538 bits per heavy atom. The maximum Gasteiger partial charge on any atom is 0.234 e. The largest absolute Gasteiger partial charge is 0.492 e. The summed E-state index contributed by atoms with van der Waals surface area (Å²) in [6.07, 6.45) is 37.1. The first kappa shape index (κ1) is 90.5. The number of ether oxygens (including phenoxy) is 4. The molecule has 24 heteroatoms. The average Bonchev–Trinajstić information content (AvgIpc) is 1.61. The van der Waals surface area contributed by atoms with E-state index >= 15 is 0 Å². The van der Waals surface area contributed by atoms with E-state index < -0.39 is 0 Å². The van der Waals surface area contributed by atoms with Crippen LogP contribution in [0.25, 0.3) is 87.0 Å². The van der Waals surface area contributed by atoms with Crippen molar-refractivity contribution in [3.8, 4) is 23.0 Å². The molecule has 24 nitrogen and oxygen atoms in total. The van der Waals surface area contributed by atoms with Gasteiger partial charge in [-0.2, -0.15) is 0 Å². The molecule has 4 saturated heterocycles. The van der Waals surface area contributed by atoms with Crippen molar-refractivity contribution in [3.05, 3.63) is 169 Å². The summed E-state index contributed by atoms with van der Waals surface area (Å²) < 4.78 is 47.4. The average molecular weight is 1770 g/mol. The number of hydrogen-bond donors (Lipinski definition) is 4. The standard InChI is InChI=1S/2C27H32N2O4.2C26H30N2O4/c2*1-29(16-18-5-3-2-4-6-18)13-14-32-20-8-9-21-19(15-20)7-11-24-26(21)23(17-33-24)22-10-12-25(30)28-27(22)31;2*1-28(18-5-3-2-4-6-18)13-14-31-19-8-9-20-17(15-19)7-11-23-25(20)22(16-32-23)21-10-12-24(29)27-26(21)30/h2*7-9,11,15,17-18,22H,2-6,10,12-14,16H2,1H3,(H,28,30,31);2*7-9,11,15-16,18,21H,2-6,10,12-14H2,1H3,(H,27,29,30)/t2*22-;2*21-/m1010/s1. The van der Waals surface area contributed by atoms with Gasteiger partial charge in [0.05, 0.1) is 48.7 Å². The minimum Gasteiger partial charge on any atom is -0.492 e. The van der Waals surface area contributed by atoms with Crippen molar-refractivity contribution >= 4 is 134 Å². The third kappa shape index (κ3) is 21.6. The molecule has 8 aliphatic rings. The summed E-state index contributed by atoms with van der Waals surface area (Å²) in [5.41, 5.74) is 6.38. The number of amides is 8. The van der Waals surface area contributed by atoms with Gasteiger partial charge in [0.25, 0.3) is 0 Å². The number of nitrogens with one attached hydrogen (secondary N) is 4. The Balaban J connectivity index is 0.000000121. The Morgan fingerprint density at radius 1 is 0.292 bits per heavy atom. The molecule has 130 heavy (non-hydrogen) atoms. The van der Waals surface area contributed by atoms with Crippen molar-refractivity contribution in [1.29, 1.82) is 0 Å². The van der Waals surface area contributed by atoms with E-state index in [0.29, 0.717) is 89.9 Å². The molecule has 4 N–H and O–H groups in total. The summed E-state index contributed by atoms with van der Waals surface area (Å²) >= 11 is 0. The molecule has 0 spiro atoms. The van der Waals surface area contributed by atoms with E-state index in [1.165, 1.54) is 128 Å². The van der Waals surface area contributed by atoms with Crippen LogP contribution in [-0.4, -0.2) is 173 Å². The molecule has 4 aliphatic heterocycles. The van der Waals surface area contributed by atoms with E-state index in [-0.39, 0.29) is 70.9 Å². The maximum atomic E-state index is 12.4. The smallest absolute Gasteiger partial charge is 0.234 e. The van der Waals surface area contributed by atoms with Crippen LogP contribution in [0.5, 0.6) is 23.0 Å². The van der Waals surface area contributed by atoms with E-state index in [9.17, 15) is 38.4 Å². The molecule has 20 rings (SSSR count). The number of hydrogen-bond acceptors (Lipinski definition) is 20. The number of carbonyl (C=O) groups is 8. The van der Waals surface area contributed by atoms with Crippen LogP contribution in [-0.2, 0) is 38.4 Å². The zero-order valence-corrected chi connectivity index (χ0v) is 75.7. The van der Waals surface area contributed by atoms with E-state index in [1.54, 1.807) is 25.1 Å². The third-order valence-corrected chi connectivity index (χ3v) is 28.6. The number of likely N-dealkylation sites (N-methyl/N-ethyl adjacent to an activating group) is 4. The third-order valence-electron chi connectivity index (χ3n) is 28.6. The molecule has 8 amide bonds. The number of nitrogens with zero attached hydrogens (tertiary/aromatic N) is 4. The van der Waals surface area contributed by atoms with Crippen LogP contribution < -0.4 is 40.2 Å². The van der Waals surface area contributed by atoms with E-state index in [2.05, 4.69) is 93.3 Å². The second-order valence-electron chi connectivity index (χ2n) is 37.5. The maximum absolute atomic E-state index is 12.4. The van der Waals surface area contributed by atoms with Crippen LogP contribution in [0, 0.1) is 11.8 Å². The van der Waals surface area contributed by atoms with Crippen LogP contribution >= 0.6 is 0 Å². The minimum absolute atomic E-state index is 0.208. The van der Waals surface area contributed by atoms with Gasteiger partial charge in [-0.25, -0.2) is 0 Å². The number of carbonyl (C=O) groups excluding carboxylic acids is 8. The lowest BCUT2D eigenvalue weighted by Gasteiger charge is -2.31. The highest BCUT2D eigenvalue weighted by Gasteiger charge is 2.36. The van der Waals surface area contributed by atoms with Crippen molar-refractivity contribution in [3.63, 3.8) is 0 Å². The highest BCUT2D eigenvalue weighted by atomic mass is 16.5. The second-order valence-corrected chi connectivity index (χ2v) is 37.5. The van der Waals surface area contributed by atoms with Gasteiger partial charge in [0.2, 0.25) is 47.3 Å². The molecule has 0 bridgehead atoms. The van der Waals surface area contributed by atoms with Gasteiger partial charge in [0, 0.05) is 121 Å². The number of furan rings is 4. The summed E-state index contributed by atoms with van der Waals surface area (Å²) in [4.78, 5) is 106. The fourth-order valence-corrected chi connectivity index (χ4v) is 21.3. The lowest BCUT2D eigenvalue weighted by Crippen LogP contribution is -2.39. The van der Waals surface area contributed by atoms with Crippen LogP contribution in [0.3, 0.4) is 0 Å². The van der Waals surface area contributed by atoms with Crippen LogP contribution in [0.2, 0.25) is 0 Å². The lowest BCUT2D eigenvalue weighted by atomic mass is 9.89. The Kier molecular flexibility index (Phi) is 29.4. The van der Waals surface area contributed by atoms with Gasteiger partial charge in [-0.15, -0.1) is 0 Å². The summed E-state index contributed by atoms with van der Waals surface area (Å²) in [7, 11) is 8.77. The van der Waals surface area contributed by atoms with Gasteiger partial charge in [-0.1, -0.05) is 101 Å². The summed E-state index contributed by atoms with van der Waals surface area (Å²) in [6, 6.07) is 41.6. The molecule has 8 heterocycles. The zero-order valence-electron chi connectivity index (χ0n) is 75.7. The van der Waals surface area contributed by atoms with Crippen molar-refractivity contribution in [2.45, 2.75) is 216 Å². The fourth-order valence-electron chi connectivity index (χ4n) is 21.3. The first-order valence-electron chi connectivity index (χ1n) is 47.8. The minimum atomic E-state index is -0.370. The molecule has 4 atom stereocenters. The number of piperidine rings is 4. The van der Waals surface area contributed by atoms with Gasteiger partial charge >= 0.3 is 0 Å². The second kappa shape index (κ2) is 42.2. The van der Waals surface area contributed by atoms with Crippen LogP contribution in [0.1, 0.15) is 226 Å². The molecule has 12 aromatic rings. The van der Waals surface area contributed by atoms with Gasteiger partial charge < -0.3 is 56.2 Å². The molecule has 0 unspecified atom stereocenters. The molecular formula is C106H124N8O16. The van der Waals surface area contributed by atoms with Gasteiger partial charge in [0.15, 0.2) is 0 Å². The molecule has 8 fully saturated rings. The Bertz CT molecular complexity index is 5710. The van der Waals surface area contributed by atoms with Crippen molar-refractivity contribution < 1.29 is 75.0 Å². The number of fused-ring (bicyclic) bond motifs is 12. The molecule has 8 aromatic carbocycles. The van der Waals surface area contributed by atoms with Crippen molar-refractivity contribution in [1.82, 2.24) is 40.9 Å². The first-order valence-corrected chi connectivity index (χ1v) is 47.8. The van der Waals surface area contributed by atoms with Crippen molar-refractivity contribution in [2.75, 3.05) is 93.9 Å². The summed E-state index contributed by atoms with van der Waals surface area (Å²) in [5.74, 6) is 1.75. The Hall–Kier alpha value is -11.4. The van der Waals surface area contributed by atoms with Crippen molar-refractivity contribution in [2.24, 2.45) is 11.8 Å². The van der Waals surface area contributed by atoms with Crippen LogP contribution in [0.4, 0.5) is 0 Å². The predicted octanol–water partition coefficient (Wildman–Crippen LogP) is 19.5. The lowest BCUT2D eigenvalue weighted by molar-refractivity contribution is -0.135. The molecule has 4 aromatic heterocycles. The normalized spacial score (nSPS) is 20.1. The number of imide groups is 4. The zero-order chi connectivity index (χ0) is 89.7. The molecular weight excluding hydrogens is 1640 g/mol. The Morgan fingerprint density at radius 3 is 0.792 bits per heavy atom. The van der Waals surface area contributed by atoms with E-state index in [4.69, 9.17) is 36.6 Å². The summed E-state index contributed by atoms with van der Waals surface area (Å²) in [5, 5.41) is 21.9. The van der Waals surface area contributed by atoms with Gasteiger partial charge in [-0.05, 0) is 257 Å². The molecule has 684 valence electrons. The van der Waals surface area contributed by atoms with Gasteiger partial charge in [-0.3, -0.25) is 59.6 Å². The number of benzene rings is 8. The first-order chi connectivity index (χ1) is 63.4. The molecule has 0 radical (unpaired) electrons. The van der Waals surface area contributed by atoms with E-state index in [0.717, 1.165) is 183 Å². The predicted molar refractivity (Wildman–Crippen MR) is 505 cm³/mol. The van der Waals surface area contributed by atoms with Crippen LogP contribution in [0.15, 0.2) is 164 Å². The quantitative estimate of drug-likeness (QED) is 0.0366. The van der Waals surface area contributed by atoms with Gasteiger partial charge in [0.1, 0.15) is 71.8 Å². The van der Waals surface area contributed by atoms with E-state index in [1.807, 2.05) is 97.1 Å². The monoisotopic (exact) mass is 1760 g/mol. The highest BCUT2D eigenvalue weighted by Crippen LogP contribution is 2.44. The highest BCUT2D eigenvalue weighted by molar-refractivity contribution is 6.15. The Labute approximate surface area is 758 Å². The molecule has 4 saturated carbocycles.